The van der Waals surface area contributed by atoms with E-state index in [0.29, 0.717) is 5.54 Å². The minimum absolute atomic E-state index is 0.487. The summed E-state index contributed by atoms with van der Waals surface area (Å²) in [5.74, 6) is 0. The Hall–Kier alpha value is 0.0969. The van der Waals surface area contributed by atoms with Crippen LogP contribution in [-0.4, -0.2) is 30.1 Å². The normalized spacial score (nSPS) is 21.4. The highest BCUT2D eigenvalue weighted by Crippen LogP contribution is 2.35. The van der Waals surface area contributed by atoms with E-state index in [1.165, 1.54) is 57.8 Å². The molecule has 4 heteroatoms. The molecule has 0 amide bonds. The smallest absolute Gasteiger partial charge is 0.377 e. The zero-order valence-corrected chi connectivity index (χ0v) is 12.7. The molecule has 0 aliphatic heterocycles. The van der Waals surface area contributed by atoms with Crippen LogP contribution in [0.1, 0.15) is 57.8 Å². The van der Waals surface area contributed by atoms with E-state index in [-0.39, 0.29) is 0 Å². The molecule has 0 atom stereocenters. The van der Waals surface area contributed by atoms with E-state index in [1.807, 2.05) is 0 Å². The van der Waals surface area contributed by atoms with E-state index in [4.69, 9.17) is 13.3 Å². The van der Waals surface area contributed by atoms with E-state index in [1.54, 1.807) is 21.3 Å². The van der Waals surface area contributed by atoms with E-state index < -0.39 is 8.80 Å². The van der Waals surface area contributed by atoms with Gasteiger partial charge in [-0.1, -0.05) is 44.9 Å². The predicted octanol–water partition coefficient (Wildman–Crippen LogP) is 3.76. The molecule has 1 aliphatic rings. The third-order valence-corrected chi connectivity index (χ3v) is 7.24. The summed E-state index contributed by atoms with van der Waals surface area (Å²) in [5, 5.41) is 0. The van der Waals surface area contributed by atoms with Gasteiger partial charge in [-0.05, 0) is 12.8 Å². The van der Waals surface area contributed by atoms with E-state index in [2.05, 4.69) is 0 Å². The Labute approximate surface area is 107 Å². The van der Waals surface area contributed by atoms with Crippen molar-refractivity contribution in [2.75, 3.05) is 21.3 Å². The predicted molar refractivity (Wildman–Crippen MR) is 72.1 cm³/mol. The summed E-state index contributed by atoms with van der Waals surface area (Å²) in [4.78, 5) is 0. The molecule has 0 aromatic rings. The van der Waals surface area contributed by atoms with Gasteiger partial charge in [-0.25, -0.2) is 0 Å². The molecule has 1 aliphatic carbocycles. The molecular formula is C13H28O3Si. The third kappa shape index (κ3) is 4.36. The zero-order chi connectivity index (χ0) is 12.6. The van der Waals surface area contributed by atoms with E-state index >= 15 is 0 Å². The lowest BCUT2D eigenvalue weighted by Crippen LogP contribution is -2.47. The van der Waals surface area contributed by atoms with Gasteiger partial charge in [-0.2, -0.15) is 0 Å². The highest BCUT2D eigenvalue weighted by Gasteiger charge is 2.46. The molecule has 0 aromatic carbocycles. The van der Waals surface area contributed by atoms with Crippen LogP contribution < -0.4 is 0 Å². The third-order valence-electron chi connectivity index (χ3n) is 3.96. The fourth-order valence-corrected chi connectivity index (χ4v) is 5.53. The first-order valence-electron chi connectivity index (χ1n) is 6.94. The second kappa shape index (κ2) is 8.24. The summed E-state index contributed by atoms with van der Waals surface area (Å²) < 4.78 is 16.9. The average molecular weight is 260 g/mol. The number of rotatable bonds is 4. The summed E-state index contributed by atoms with van der Waals surface area (Å²) in [7, 11) is 2.79. The highest BCUT2D eigenvalue weighted by atomic mass is 28.4. The first-order valence-corrected chi connectivity index (χ1v) is 8.74. The molecule has 0 heterocycles. The van der Waals surface area contributed by atoms with Crippen LogP contribution in [0.2, 0.25) is 5.54 Å². The van der Waals surface area contributed by atoms with Crippen LogP contribution in [0.3, 0.4) is 0 Å². The lowest BCUT2D eigenvalue weighted by atomic mass is 10.0. The Morgan fingerprint density at radius 2 is 1.00 bits per heavy atom. The number of hydrogen-bond donors (Lipinski definition) is 0. The topological polar surface area (TPSA) is 27.7 Å². The first kappa shape index (κ1) is 15.2. The van der Waals surface area contributed by atoms with Gasteiger partial charge in [-0.3, -0.25) is 0 Å². The quantitative estimate of drug-likeness (QED) is 0.720. The van der Waals surface area contributed by atoms with Gasteiger partial charge in [-0.15, -0.1) is 0 Å². The van der Waals surface area contributed by atoms with Crippen molar-refractivity contribution in [2.45, 2.75) is 63.3 Å². The molecule has 102 valence electrons. The van der Waals surface area contributed by atoms with Crippen molar-refractivity contribution in [1.29, 1.82) is 0 Å². The van der Waals surface area contributed by atoms with E-state index in [0.717, 1.165) is 0 Å². The van der Waals surface area contributed by atoms with Gasteiger partial charge in [0, 0.05) is 26.9 Å². The molecule has 1 fully saturated rings. The van der Waals surface area contributed by atoms with Crippen molar-refractivity contribution in [1.82, 2.24) is 0 Å². The van der Waals surface area contributed by atoms with Gasteiger partial charge in [0.2, 0.25) is 0 Å². The molecule has 1 saturated carbocycles. The average Bonchev–Trinajstić information content (AvgIpc) is 2.39. The Morgan fingerprint density at radius 1 is 0.647 bits per heavy atom. The van der Waals surface area contributed by atoms with Crippen LogP contribution in [-0.2, 0) is 13.3 Å². The molecule has 0 N–H and O–H groups in total. The minimum Gasteiger partial charge on any atom is -0.377 e. The SMILES string of the molecule is CO[Si](OC)(OC)C1CCCCCCCCC1. The summed E-state index contributed by atoms with van der Waals surface area (Å²) in [6.07, 6.45) is 11.8. The van der Waals surface area contributed by atoms with Gasteiger partial charge in [0.25, 0.3) is 0 Å². The second-order valence-corrected chi connectivity index (χ2v) is 8.21. The van der Waals surface area contributed by atoms with Gasteiger partial charge in [0.05, 0.1) is 0 Å². The Morgan fingerprint density at radius 3 is 1.35 bits per heavy atom. The minimum atomic E-state index is -2.41. The molecule has 0 bridgehead atoms. The Balaban J connectivity index is 2.61. The lowest BCUT2D eigenvalue weighted by Gasteiger charge is -2.33. The van der Waals surface area contributed by atoms with Crippen molar-refractivity contribution in [3.8, 4) is 0 Å². The van der Waals surface area contributed by atoms with Crippen molar-refractivity contribution in [3.05, 3.63) is 0 Å². The fraction of sp³-hybridized carbons (Fsp3) is 1.00. The summed E-state index contributed by atoms with van der Waals surface area (Å²) >= 11 is 0. The number of hydrogen-bond acceptors (Lipinski definition) is 3. The first-order chi connectivity index (χ1) is 8.29. The van der Waals surface area contributed by atoms with Gasteiger partial charge >= 0.3 is 8.80 Å². The highest BCUT2D eigenvalue weighted by molar-refractivity contribution is 6.62. The van der Waals surface area contributed by atoms with Crippen molar-refractivity contribution in [2.24, 2.45) is 0 Å². The van der Waals surface area contributed by atoms with Gasteiger partial charge < -0.3 is 13.3 Å². The van der Waals surface area contributed by atoms with Crippen LogP contribution in [0.25, 0.3) is 0 Å². The fourth-order valence-electron chi connectivity index (χ4n) is 2.91. The molecule has 0 saturated heterocycles. The van der Waals surface area contributed by atoms with Gasteiger partial charge in [0.1, 0.15) is 0 Å². The maximum atomic E-state index is 5.64. The van der Waals surface area contributed by atoms with Crippen LogP contribution in [0, 0.1) is 0 Å². The summed E-state index contributed by atoms with van der Waals surface area (Å²) in [6.45, 7) is 0. The monoisotopic (exact) mass is 260 g/mol. The van der Waals surface area contributed by atoms with Gasteiger partial charge in [0.15, 0.2) is 0 Å². The molecule has 0 unspecified atom stereocenters. The largest absolute Gasteiger partial charge is 0.503 e. The molecule has 3 nitrogen and oxygen atoms in total. The van der Waals surface area contributed by atoms with Crippen molar-refractivity contribution < 1.29 is 13.3 Å². The maximum absolute atomic E-state index is 5.64. The lowest BCUT2D eigenvalue weighted by molar-refractivity contribution is 0.107. The van der Waals surface area contributed by atoms with Crippen LogP contribution in [0.15, 0.2) is 0 Å². The van der Waals surface area contributed by atoms with Crippen LogP contribution in [0.5, 0.6) is 0 Å². The summed E-state index contributed by atoms with van der Waals surface area (Å²) in [5.41, 5.74) is 0.487. The molecule has 17 heavy (non-hydrogen) atoms. The zero-order valence-electron chi connectivity index (χ0n) is 11.7. The second-order valence-electron chi connectivity index (χ2n) is 4.97. The maximum Gasteiger partial charge on any atom is 0.503 e. The van der Waals surface area contributed by atoms with E-state index in [9.17, 15) is 0 Å². The van der Waals surface area contributed by atoms with Crippen molar-refractivity contribution in [3.63, 3.8) is 0 Å². The molecule has 0 radical (unpaired) electrons. The standard InChI is InChI=1S/C13H28O3Si/c1-14-17(15-2,16-3)13-11-9-7-5-4-6-8-10-12-13/h13H,4-12H2,1-3H3. The molecule has 0 aromatic heterocycles. The van der Waals surface area contributed by atoms with Crippen LogP contribution in [0.4, 0.5) is 0 Å². The molecule has 0 spiro atoms. The van der Waals surface area contributed by atoms with Crippen molar-refractivity contribution >= 4 is 8.80 Å². The molecule has 1 rings (SSSR count). The van der Waals surface area contributed by atoms with Crippen LogP contribution >= 0.6 is 0 Å². The summed E-state index contributed by atoms with van der Waals surface area (Å²) in [6, 6.07) is 0. The molecular weight excluding hydrogens is 232 g/mol. The Kier molecular flexibility index (Phi) is 7.35. The Bertz CT molecular complexity index is 177.